The van der Waals surface area contributed by atoms with Gasteiger partial charge in [0.15, 0.2) is 0 Å². The predicted molar refractivity (Wildman–Crippen MR) is 110 cm³/mol. The second kappa shape index (κ2) is 8.30. The molecule has 5 rings (SSSR count). The van der Waals surface area contributed by atoms with Crippen LogP contribution in [0.5, 0.6) is 5.75 Å². The van der Waals surface area contributed by atoms with E-state index in [1.807, 2.05) is 18.2 Å². The lowest BCUT2D eigenvalue weighted by molar-refractivity contribution is 0.0683. The highest BCUT2D eigenvalue weighted by Gasteiger charge is 2.22. The van der Waals surface area contributed by atoms with E-state index in [1.54, 1.807) is 0 Å². The normalized spacial score (nSPS) is 16.4. The number of para-hydroxylation sites is 1. The molecular weight excluding hydrogens is 402 g/mol. The van der Waals surface area contributed by atoms with Crippen LogP contribution in [-0.2, 0) is 19.3 Å². The van der Waals surface area contributed by atoms with E-state index < -0.39 is 5.97 Å². The minimum Gasteiger partial charge on any atom is -0.488 e. The maximum Gasteiger partial charge on any atom is 0.372 e. The van der Waals surface area contributed by atoms with Crippen LogP contribution in [0.1, 0.15) is 33.0 Å². The van der Waals surface area contributed by atoms with Gasteiger partial charge in [0.2, 0.25) is 5.82 Å². The van der Waals surface area contributed by atoms with Gasteiger partial charge in [0.25, 0.3) is 5.56 Å². The molecule has 0 amide bonds. The van der Waals surface area contributed by atoms with Crippen LogP contribution < -0.4 is 16.0 Å². The maximum absolute atomic E-state index is 11.8. The van der Waals surface area contributed by atoms with Gasteiger partial charge in [0, 0.05) is 17.8 Å². The number of benzene rings is 1. The van der Waals surface area contributed by atoms with Crippen molar-refractivity contribution in [2.24, 2.45) is 5.73 Å². The Hall–Kier alpha value is -2.42. The van der Waals surface area contributed by atoms with Crippen LogP contribution >= 0.6 is 23.7 Å². The molecule has 1 aliphatic carbocycles. The van der Waals surface area contributed by atoms with E-state index in [2.05, 4.69) is 16.0 Å². The Morgan fingerprint density at radius 2 is 2.14 bits per heavy atom. The number of nitrogens with one attached hydrogen (secondary N) is 1. The van der Waals surface area contributed by atoms with Crippen LogP contribution in [0, 0.1) is 0 Å². The lowest BCUT2D eigenvalue weighted by Crippen LogP contribution is -2.24. The van der Waals surface area contributed by atoms with Gasteiger partial charge in [-0.05, 0) is 36.5 Å². The molecule has 1 atom stereocenters. The minimum absolute atomic E-state index is 0. The number of aromatic carboxylic acids is 1. The zero-order chi connectivity index (χ0) is 19.0. The van der Waals surface area contributed by atoms with Gasteiger partial charge in [-0.3, -0.25) is 4.79 Å². The van der Waals surface area contributed by atoms with Gasteiger partial charge in [0.1, 0.15) is 16.7 Å². The molecule has 148 valence electrons. The molecule has 0 spiro atoms. The van der Waals surface area contributed by atoms with Crippen LogP contribution in [0.4, 0.5) is 0 Å². The van der Waals surface area contributed by atoms with Gasteiger partial charge in [-0.15, -0.1) is 23.7 Å². The molecule has 1 aliphatic heterocycles. The number of nitrogens with two attached hydrogens (primary N) is 1. The molecule has 0 saturated carbocycles. The Balaban J connectivity index is 0.000000165. The molecule has 7 nitrogen and oxygen atoms in total. The Bertz CT molecular complexity index is 1050. The molecule has 1 aromatic carbocycles. The summed E-state index contributed by atoms with van der Waals surface area (Å²) >= 11 is 1.44. The van der Waals surface area contributed by atoms with Crippen molar-refractivity contribution in [1.82, 2.24) is 9.97 Å². The van der Waals surface area contributed by atoms with Crippen molar-refractivity contribution in [2.75, 3.05) is 6.54 Å². The quantitative estimate of drug-likeness (QED) is 0.585. The van der Waals surface area contributed by atoms with Crippen molar-refractivity contribution in [3.63, 3.8) is 0 Å². The first-order valence-electron chi connectivity index (χ1n) is 8.79. The van der Waals surface area contributed by atoms with E-state index in [-0.39, 0.29) is 29.9 Å². The number of thiophene rings is 1. The fraction of sp³-hybridized carbons (Fsp3) is 0.316. The Morgan fingerprint density at radius 3 is 2.86 bits per heavy atom. The van der Waals surface area contributed by atoms with E-state index >= 15 is 0 Å². The lowest BCUT2D eigenvalue weighted by Gasteiger charge is -2.05. The van der Waals surface area contributed by atoms with Crippen LogP contribution in [0.2, 0.25) is 0 Å². The standard InChI is InChI=1S/C10H8N2O3S.C9H11NO.ClH/c13-8-6-4-2-1-3-5(4)16-9(6)12-7(11-8)10(14)15;10-6-8-5-7-3-1-2-4-9(7)11-8;/h1-3H2,(H,14,15)(H,11,12,13);1-4,8H,5-6,10H2;1H. The number of ether oxygens (including phenoxy) is 1. The summed E-state index contributed by atoms with van der Waals surface area (Å²) in [6.45, 7) is 0.606. The van der Waals surface area contributed by atoms with Gasteiger partial charge in [0.05, 0.1) is 5.39 Å². The first kappa shape index (κ1) is 20.3. The lowest BCUT2D eigenvalue weighted by atomic mass is 10.1. The number of aryl methyl sites for hydroxylation is 2. The molecule has 0 fully saturated rings. The molecule has 3 aromatic rings. The summed E-state index contributed by atoms with van der Waals surface area (Å²) in [4.78, 5) is 30.5. The molecule has 3 heterocycles. The number of hydrogen-bond acceptors (Lipinski definition) is 6. The number of halogens is 1. The van der Waals surface area contributed by atoms with Gasteiger partial charge in [-0.1, -0.05) is 18.2 Å². The highest BCUT2D eigenvalue weighted by molar-refractivity contribution is 7.18. The number of aromatic nitrogens is 2. The van der Waals surface area contributed by atoms with E-state index in [1.165, 1.54) is 21.8 Å². The van der Waals surface area contributed by atoms with Crippen molar-refractivity contribution < 1.29 is 14.6 Å². The zero-order valence-corrected chi connectivity index (χ0v) is 16.6. The Kier molecular flexibility index (Phi) is 6.02. The van der Waals surface area contributed by atoms with Gasteiger partial charge < -0.3 is 20.6 Å². The van der Waals surface area contributed by atoms with Crippen molar-refractivity contribution in [1.29, 1.82) is 0 Å². The third-order valence-corrected chi connectivity index (χ3v) is 5.94. The van der Waals surface area contributed by atoms with E-state index in [9.17, 15) is 9.59 Å². The number of fused-ring (bicyclic) bond motifs is 4. The first-order chi connectivity index (χ1) is 13.1. The summed E-state index contributed by atoms with van der Waals surface area (Å²) in [6, 6.07) is 8.09. The molecule has 2 aliphatic rings. The maximum atomic E-state index is 11.8. The van der Waals surface area contributed by atoms with E-state index in [4.69, 9.17) is 15.6 Å². The fourth-order valence-electron chi connectivity index (χ4n) is 3.49. The van der Waals surface area contributed by atoms with Crippen molar-refractivity contribution in [3.05, 3.63) is 56.4 Å². The van der Waals surface area contributed by atoms with Crippen LogP contribution in [0.25, 0.3) is 10.2 Å². The molecular formula is C19H20ClN3O4S. The topological polar surface area (TPSA) is 118 Å². The summed E-state index contributed by atoms with van der Waals surface area (Å²) in [5.41, 5.74) is 7.50. The number of nitrogens with zero attached hydrogens (tertiary/aromatic N) is 1. The van der Waals surface area contributed by atoms with Gasteiger partial charge >= 0.3 is 5.97 Å². The molecule has 2 aromatic heterocycles. The molecule has 0 radical (unpaired) electrons. The average Bonchev–Trinajstić information content (AvgIpc) is 3.34. The number of H-pyrrole nitrogens is 1. The molecule has 28 heavy (non-hydrogen) atoms. The third kappa shape index (κ3) is 3.76. The monoisotopic (exact) mass is 421 g/mol. The Morgan fingerprint density at radius 1 is 1.36 bits per heavy atom. The largest absolute Gasteiger partial charge is 0.488 e. The van der Waals surface area contributed by atoms with Crippen molar-refractivity contribution in [3.8, 4) is 5.75 Å². The number of rotatable bonds is 2. The predicted octanol–water partition coefficient (Wildman–Crippen LogP) is 2.54. The second-order valence-corrected chi connectivity index (χ2v) is 7.63. The number of hydrogen-bond donors (Lipinski definition) is 3. The fourth-order valence-corrected chi connectivity index (χ4v) is 4.75. The van der Waals surface area contributed by atoms with Crippen LogP contribution in [-0.4, -0.2) is 33.7 Å². The number of carbonyl (C=O) groups is 1. The number of carboxylic acids is 1. The zero-order valence-electron chi connectivity index (χ0n) is 14.9. The second-order valence-electron chi connectivity index (χ2n) is 6.54. The van der Waals surface area contributed by atoms with Crippen molar-refractivity contribution in [2.45, 2.75) is 31.8 Å². The molecule has 0 bridgehead atoms. The van der Waals surface area contributed by atoms with E-state index in [0.717, 1.165) is 37.0 Å². The van der Waals surface area contributed by atoms with Crippen LogP contribution in [0.15, 0.2) is 29.1 Å². The van der Waals surface area contributed by atoms with Crippen molar-refractivity contribution >= 4 is 39.9 Å². The van der Waals surface area contributed by atoms with Gasteiger partial charge in [-0.25, -0.2) is 9.78 Å². The van der Waals surface area contributed by atoms with Crippen LogP contribution in [0.3, 0.4) is 0 Å². The molecule has 0 saturated heterocycles. The third-order valence-electron chi connectivity index (χ3n) is 4.75. The minimum atomic E-state index is -1.20. The highest BCUT2D eigenvalue weighted by Crippen LogP contribution is 2.34. The highest BCUT2D eigenvalue weighted by atomic mass is 35.5. The SMILES string of the molecule is Cl.NCC1Cc2ccccc2O1.O=C(O)c1nc2sc3c(c2c(=O)[nH]1)CCC3. The number of aromatic amines is 1. The summed E-state index contributed by atoms with van der Waals surface area (Å²) < 4.78 is 5.53. The average molecular weight is 422 g/mol. The molecule has 9 heteroatoms. The smallest absolute Gasteiger partial charge is 0.372 e. The molecule has 1 unspecified atom stereocenters. The first-order valence-corrected chi connectivity index (χ1v) is 9.61. The summed E-state index contributed by atoms with van der Waals surface area (Å²) in [5, 5.41) is 9.37. The summed E-state index contributed by atoms with van der Waals surface area (Å²) in [5.74, 6) is -0.479. The summed E-state index contributed by atoms with van der Waals surface area (Å²) in [7, 11) is 0. The number of carboxylic acid groups (broad SMARTS) is 1. The van der Waals surface area contributed by atoms with Gasteiger partial charge in [-0.2, -0.15) is 0 Å². The molecule has 4 N–H and O–H groups in total. The van der Waals surface area contributed by atoms with E-state index in [0.29, 0.717) is 16.8 Å². The summed E-state index contributed by atoms with van der Waals surface area (Å²) in [6.07, 6.45) is 4.10. The Labute approximate surface area is 171 Å².